The molecule has 0 amide bonds. The maximum atomic E-state index is 13.7. The predicted octanol–water partition coefficient (Wildman–Crippen LogP) is 4.45. The summed E-state index contributed by atoms with van der Waals surface area (Å²) in [5.41, 5.74) is 2.33. The van der Waals surface area contributed by atoms with E-state index in [9.17, 15) is 9.18 Å². The van der Waals surface area contributed by atoms with Gasteiger partial charge in [0, 0.05) is 10.7 Å². The number of nitrogens with one attached hydrogen (secondary N) is 1. The third-order valence-electron chi connectivity index (χ3n) is 4.18. The Balaban J connectivity index is 2.04. The third-order valence-corrected chi connectivity index (χ3v) is 4.41. The van der Waals surface area contributed by atoms with Gasteiger partial charge in [0.1, 0.15) is 5.82 Å². The molecule has 3 aromatic rings. The summed E-state index contributed by atoms with van der Waals surface area (Å²) in [5.74, 6) is 0.182. The van der Waals surface area contributed by atoms with Crippen LogP contribution < -0.4 is 15.6 Å². The molecule has 7 heteroatoms. The lowest BCUT2D eigenvalue weighted by molar-refractivity contribution is 0.402. The summed E-state index contributed by atoms with van der Waals surface area (Å²) in [6.07, 6.45) is 1.59. The largest absolute Gasteiger partial charge is 0.490 e. The molecule has 0 spiro atoms. The molecular weight excluding hydrogens is 369 g/mol. The monoisotopic (exact) mass is 387 g/mol. The smallest absolute Gasteiger partial charge is 0.316 e. The molecule has 0 radical (unpaired) electrons. The van der Waals surface area contributed by atoms with Crippen molar-refractivity contribution < 1.29 is 9.13 Å². The molecule has 0 saturated carbocycles. The second-order valence-corrected chi connectivity index (χ2v) is 6.67. The number of nitrogens with zero attached hydrogens (tertiary/aromatic N) is 2. The molecule has 0 aliphatic heterocycles. The minimum absolute atomic E-state index is 0.134. The van der Waals surface area contributed by atoms with Crippen LogP contribution in [-0.2, 0) is 6.54 Å². The van der Waals surface area contributed by atoms with Gasteiger partial charge in [-0.05, 0) is 54.8 Å². The summed E-state index contributed by atoms with van der Waals surface area (Å²) < 4.78 is 20.6. The molecule has 1 N–H and O–H groups in total. The Morgan fingerprint density at radius 3 is 2.70 bits per heavy atom. The SMILES string of the molecule is COc1cn(Cc2cccc(Cl)c2)c(Nc2cc(C)c(F)cc2C)nc1=O. The number of rotatable bonds is 5. The van der Waals surface area contributed by atoms with E-state index in [2.05, 4.69) is 10.3 Å². The third kappa shape index (κ3) is 4.28. The van der Waals surface area contributed by atoms with E-state index in [1.807, 2.05) is 18.2 Å². The number of anilines is 2. The number of halogens is 2. The molecular formula is C20H19ClFN3O2. The van der Waals surface area contributed by atoms with E-state index in [1.54, 1.807) is 36.7 Å². The van der Waals surface area contributed by atoms with Crippen LogP contribution in [0.2, 0.25) is 5.02 Å². The van der Waals surface area contributed by atoms with Gasteiger partial charge in [-0.15, -0.1) is 0 Å². The average molecular weight is 388 g/mol. The van der Waals surface area contributed by atoms with Gasteiger partial charge in [-0.3, -0.25) is 4.79 Å². The van der Waals surface area contributed by atoms with E-state index in [-0.39, 0.29) is 11.6 Å². The first-order valence-electron chi connectivity index (χ1n) is 8.31. The summed E-state index contributed by atoms with van der Waals surface area (Å²) in [6.45, 7) is 3.89. The molecule has 0 aliphatic carbocycles. The molecule has 5 nitrogen and oxygen atoms in total. The van der Waals surface area contributed by atoms with E-state index in [1.165, 1.54) is 13.2 Å². The summed E-state index contributed by atoms with van der Waals surface area (Å²) in [5, 5.41) is 3.75. The molecule has 1 aromatic heterocycles. The predicted molar refractivity (Wildman–Crippen MR) is 105 cm³/mol. The van der Waals surface area contributed by atoms with Crippen molar-refractivity contribution in [3.05, 3.63) is 80.5 Å². The first-order valence-corrected chi connectivity index (χ1v) is 8.69. The Labute approximate surface area is 161 Å². The maximum absolute atomic E-state index is 13.7. The molecule has 1 heterocycles. The van der Waals surface area contributed by atoms with Crippen LogP contribution in [0.15, 0.2) is 47.4 Å². The number of aryl methyl sites for hydroxylation is 2. The van der Waals surface area contributed by atoms with Gasteiger partial charge in [-0.2, -0.15) is 4.98 Å². The van der Waals surface area contributed by atoms with E-state index in [0.29, 0.717) is 34.3 Å². The Kier molecular flexibility index (Phi) is 5.46. The van der Waals surface area contributed by atoms with E-state index < -0.39 is 5.56 Å². The topological polar surface area (TPSA) is 56.1 Å². The minimum Gasteiger partial charge on any atom is -0.490 e. The van der Waals surface area contributed by atoms with Crippen LogP contribution in [0.25, 0.3) is 0 Å². The Hall–Kier alpha value is -2.86. The van der Waals surface area contributed by atoms with Gasteiger partial charge < -0.3 is 14.6 Å². The summed E-state index contributed by atoms with van der Waals surface area (Å²) in [6, 6.07) is 10.5. The second kappa shape index (κ2) is 7.80. The number of aromatic nitrogens is 2. The van der Waals surface area contributed by atoms with Crippen molar-refractivity contribution in [1.82, 2.24) is 9.55 Å². The summed E-state index contributed by atoms with van der Waals surface area (Å²) in [4.78, 5) is 16.3. The minimum atomic E-state index is -0.487. The zero-order valence-corrected chi connectivity index (χ0v) is 16.0. The molecule has 140 valence electrons. The summed E-state index contributed by atoms with van der Waals surface area (Å²) in [7, 11) is 1.42. The molecule has 2 aromatic carbocycles. The molecule has 0 aliphatic rings. The fourth-order valence-electron chi connectivity index (χ4n) is 2.70. The van der Waals surface area contributed by atoms with Crippen molar-refractivity contribution >= 4 is 23.2 Å². The van der Waals surface area contributed by atoms with Gasteiger partial charge in [-0.1, -0.05) is 23.7 Å². The highest BCUT2D eigenvalue weighted by molar-refractivity contribution is 6.30. The fraction of sp³-hybridized carbons (Fsp3) is 0.200. The zero-order chi connectivity index (χ0) is 19.6. The van der Waals surface area contributed by atoms with Crippen LogP contribution in [0.1, 0.15) is 16.7 Å². The van der Waals surface area contributed by atoms with Crippen molar-refractivity contribution in [2.75, 3.05) is 12.4 Å². The van der Waals surface area contributed by atoms with Gasteiger partial charge in [0.15, 0.2) is 0 Å². The first-order chi connectivity index (χ1) is 12.9. The van der Waals surface area contributed by atoms with E-state index >= 15 is 0 Å². The fourth-order valence-corrected chi connectivity index (χ4v) is 2.91. The standard InChI is InChI=1S/C20H19ClFN3O2/c1-12-8-17(13(2)7-16(12)22)23-20-24-19(26)18(27-3)11-25(20)10-14-5-4-6-15(21)9-14/h4-9,11H,10H2,1-3H3,(H,23,24,26). The van der Waals surface area contributed by atoms with Crippen LogP contribution in [0.5, 0.6) is 5.75 Å². The molecule has 0 unspecified atom stereocenters. The Morgan fingerprint density at radius 2 is 2.00 bits per heavy atom. The Bertz CT molecular complexity index is 1050. The normalized spacial score (nSPS) is 10.7. The number of methoxy groups -OCH3 is 1. The van der Waals surface area contributed by atoms with Crippen molar-refractivity contribution in [3.63, 3.8) is 0 Å². The first kappa shape index (κ1) is 18.9. The highest BCUT2D eigenvalue weighted by Gasteiger charge is 2.12. The van der Waals surface area contributed by atoms with E-state index in [4.69, 9.17) is 16.3 Å². The second-order valence-electron chi connectivity index (χ2n) is 6.24. The lowest BCUT2D eigenvalue weighted by Crippen LogP contribution is -2.19. The molecule has 0 fully saturated rings. The van der Waals surface area contributed by atoms with Gasteiger partial charge in [0.2, 0.25) is 11.7 Å². The number of benzene rings is 2. The van der Waals surface area contributed by atoms with Gasteiger partial charge in [0.05, 0.1) is 19.9 Å². The molecule has 0 bridgehead atoms. The van der Waals surface area contributed by atoms with Crippen LogP contribution >= 0.6 is 11.6 Å². The van der Waals surface area contributed by atoms with Gasteiger partial charge in [-0.25, -0.2) is 4.39 Å². The average Bonchev–Trinajstić information content (AvgIpc) is 2.61. The lowest BCUT2D eigenvalue weighted by atomic mass is 10.1. The van der Waals surface area contributed by atoms with Gasteiger partial charge >= 0.3 is 5.56 Å². The van der Waals surface area contributed by atoms with Crippen LogP contribution in [0.4, 0.5) is 16.0 Å². The summed E-state index contributed by atoms with van der Waals surface area (Å²) >= 11 is 6.07. The molecule has 0 saturated heterocycles. The number of hydrogen-bond acceptors (Lipinski definition) is 4. The Morgan fingerprint density at radius 1 is 1.22 bits per heavy atom. The molecule has 0 atom stereocenters. The maximum Gasteiger partial charge on any atom is 0.316 e. The molecule has 27 heavy (non-hydrogen) atoms. The number of hydrogen-bond donors (Lipinski definition) is 1. The lowest BCUT2D eigenvalue weighted by Gasteiger charge is -2.17. The van der Waals surface area contributed by atoms with E-state index in [0.717, 1.165) is 5.56 Å². The highest BCUT2D eigenvalue weighted by Crippen LogP contribution is 2.24. The van der Waals surface area contributed by atoms with Crippen molar-refractivity contribution in [2.24, 2.45) is 0 Å². The van der Waals surface area contributed by atoms with Crippen molar-refractivity contribution in [2.45, 2.75) is 20.4 Å². The molecule has 3 rings (SSSR count). The number of ether oxygens (including phenoxy) is 1. The van der Waals surface area contributed by atoms with Crippen molar-refractivity contribution in [3.8, 4) is 5.75 Å². The highest BCUT2D eigenvalue weighted by atomic mass is 35.5. The van der Waals surface area contributed by atoms with Crippen LogP contribution in [0.3, 0.4) is 0 Å². The zero-order valence-electron chi connectivity index (χ0n) is 15.2. The van der Waals surface area contributed by atoms with Crippen molar-refractivity contribution in [1.29, 1.82) is 0 Å². The quantitative estimate of drug-likeness (QED) is 0.702. The van der Waals surface area contributed by atoms with Crippen LogP contribution in [-0.4, -0.2) is 16.7 Å². The van der Waals surface area contributed by atoms with Gasteiger partial charge in [0.25, 0.3) is 0 Å². The van der Waals surface area contributed by atoms with Crippen LogP contribution in [0, 0.1) is 19.7 Å².